The van der Waals surface area contributed by atoms with Gasteiger partial charge in [-0.25, -0.2) is 0 Å². The van der Waals surface area contributed by atoms with Gasteiger partial charge in [0.1, 0.15) is 0 Å². The maximum atomic E-state index is 12.9. The molecule has 2 fully saturated rings. The third-order valence-electron chi connectivity index (χ3n) is 4.84. The number of rotatable bonds is 2. The van der Waals surface area contributed by atoms with E-state index in [2.05, 4.69) is 33.4 Å². The van der Waals surface area contributed by atoms with Crippen LogP contribution in [0.1, 0.15) is 36.6 Å². The first kappa shape index (κ1) is 13.5. The molecule has 2 heterocycles. The number of anilines is 1. The number of carbonyl (C=O) groups is 1. The van der Waals surface area contributed by atoms with Gasteiger partial charge in [0.15, 0.2) is 0 Å². The highest BCUT2D eigenvalue weighted by molar-refractivity contribution is 9.10. The van der Waals surface area contributed by atoms with Gasteiger partial charge in [0.2, 0.25) is 5.91 Å². The Hall–Kier alpha value is -1.13. The summed E-state index contributed by atoms with van der Waals surface area (Å²) in [5.74, 6) is 0.320. The van der Waals surface area contributed by atoms with E-state index in [9.17, 15) is 4.79 Å². The van der Waals surface area contributed by atoms with E-state index in [4.69, 9.17) is 0 Å². The molecule has 0 bridgehead atoms. The molecule has 1 aliphatic heterocycles. The molecule has 1 atom stereocenters. The van der Waals surface area contributed by atoms with Gasteiger partial charge in [0, 0.05) is 15.0 Å². The molecule has 21 heavy (non-hydrogen) atoms. The molecule has 1 saturated carbocycles. The monoisotopic (exact) mass is 361 g/mol. The number of amides is 1. The second-order valence-corrected chi connectivity index (χ2v) is 7.83. The van der Waals surface area contributed by atoms with Gasteiger partial charge in [0.25, 0.3) is 0 Å². The molecule has 4 heteroatoms. The number of β-lactam (4-membered cyclic amide) rings is 1. The summed E-state index contributed by atoms with van der Waals surface area (Å²) >= 11 is 5.23. The minimum atomic E-state index is -0.127. The van der Waals surface area contributed by atoms with Crippen LogP contribution in [-0.2, 0) is 4.79 Å². The lowest BCUT2D eigenvalue weighted by molar-refractivity contribution is -0.139. The first-order chi connectivity index (χ1) is 10.2. The van der Waals surface area contributed by atoms with Gasteiger partial charge >= 0.3 is 0 Å². The molecular formula is C17H16BrNOS. The number of thiophene rings is 1. The van der Waals surface area contributed by atoms with Crippen LogP contribution in [0.15, 0.2) is 46.3 Å². The molecule has 0 N–H and O–H groups in total. The Morgan fingerprint density at radius 3 is 2.48 bits per heavy atom. The lowest BCUT2D eigenvalue weighted by atomic mass is 9.68. The number of nitrogens with zero attached hydrogens (tertiary/aromatic N) is 1. The van der Waals surface area contributed by atoms with Crippen molar-refractivity contribution in [1.82, 2.24) is 0 Å². The van der Waals surface area contributed by atoms with E-state index < -0.39 is 0 Å². The molecule has 1 aromatic carbocycles. The minimum Gasteiger partial charge on any atom is -0.302 e. The van der Waals surface area contributed by atoms with E-state index in [0.29, 0.717) is 5.91 Å². The van der Waals surface area contributed by atoms with Crippen LogP contribution in [0.25, 0.3) is 0 Å². The molecule has 108 valence electrons. The van der Waals surface area contributed by atoms with Crippen LogP contribution >= 0.6 is 27.3 Å². The van der Waals surface area contributed by atoms with Crippen molar-refractivity contribution in [1.29, 1.82) is 0 Å². The third kappa shape index (κ3) is 1.92. The van der Waals surface area contributed by atoms with E-state index in [1.54, 1.807) is 11.3 Å². The second-order valence-electron chi connectivity index (χ2n) is 5.93. The highest BCUT2D eigenvalue weighted by Gasteiger charge is 2.62. The fourth-order valence-corrected chi connectivity index (χ4v) is 5.06. The molecule has 0 unspecified atom stereocenters. The molecule has 2 nitrogen and oxygen atoms in total. The SMILES string of the molecule is O=C1N(c2ccc(Br)cc2)[C@@H](c2cccs2)C12CCCC2. The lowest BCUT2D eigenvalue weighted by Crippen LogP contribution is -2.62. The van der Waals surface area contributed by atoms with Gasteiger partial charge in [-0.3, -0.25) is 4.79 Å². The summed E-state index contributed by atoms with van der Waals surface area (Å²) in [6, 6.07) is 12.6. The molecule has 1 aliphatic carbocycles. The van der Waals surface area contributed by atoms with Crippen molar-refractivity contribution >= 4 is 38.9 Å². The summed E-state index contributed by atoms with van der Waals surface area (Å²) in [5.41, 5.74) is 0.886. The van der Waals surface area contributed by atoms with Crippen molar-refractivity contribution < 1.29 is 4.79 Å². The molecule has 0 radical (unpaired) electrons. The third-order valence-corrected chi connectivity index (χ3v) is 6.29. The molecule has 4 rings (SSSR count). The molecule has 1 amide bonds. The summed E-state index contributed by atoms with van der Waals surface area (Å²) in [6.45, 7) is 0. The highest BCUT2D eigenvalue weighted by Crippen LogP contribution is 2.60. The predicted octanol–water partition coefficient (Wildman–Crippen LogP) is 5.16. The fraction of sp³-hybridized carbons (Fsp3) is 0.353. The molecule has 1 aromatic heterocycles. The topological polar surface area (TPSA) is 20.3 Å². The van der Waals surface area contributed by atoms with Gasteiger partial charge in [-0.15, -0.1) is 11.3 Å². The quantitative estimate of drug-likeness (QED) is 0.676. The average Bonchev–Trinajstić information content (AvgIpc) is 3.18. The smallest absolute Gasteiger partial charge is 0.236 e. The Bertz CT molecular complexity index is 659. The van der Waals surface area contributed by atoms with Crippen LogP contribution in [0.4, 0.5) is 5.69 Å². The van der Waals surface area contributed by atoms with Crippen LogP contribution in [0.3, 0.4) is 0 Å². The van der Waals surface area contributed by atoms with E-state index in [1.807, 2.05) is 29.2 Å². The van der Waals surface area contributed by atoms with Crippen molar-refractivity contribution in [2.75, 3.05) is 4.90 Å². The maximum Gasteiger partial charge on any atom is 0.236 e. The zero-order valence-corrected chi connectivity index (χ0v) is 14.0. The Morgan fingerprint density at radius 2 is 1.86 bits per heavy atom. The van der Waals surface area contributed by atoms with Gasteiger partial charge in [-0.1, -0.05) is 34.8 Å². The van der Waals surface area contributed by atoms with Crippen LogP contribution < -0.4 is 4.90 Å². The second kappa shape index (κ2) is 4.96. The summed E-state index contributed by atoms with van der Waals surface area (Å²) in [5, 5.41) is 2.11. The summed E-state index contributed by atoms with van der Waals surface area (Å²) in [7, 11) is 0. The average molecular weight is 362 g/mol. The number of benzene rings is 1. The largest absolute Gasteiger partial charge is 0.302 e. The van der Waals surface area contributed by atoms with Crippen molar-refractivity contribution in [2.24, 2.45) is 5.41 Å². The predicted molar refractivity (Wildman–Crippen MR) is 89.6 cm³/mol. The zero-order valence-electron chi connectivity index (χ0n) is 11.6. The lowest BCUT2D eigenvalue weighted by Gasteiger charge is -2.54. The Balaban J connectivity index is 1.76. The van der Waals surface area contributed by atoms with Gasteiger partial charge in [0.05, 0.1) is 11.5 Å². The normalized spacial score (nSPS) is 23.6. The van der Waals surface area contributed by atoms with Crippen LogP contribution in [0, 0.1) is 5.41 Å². The Labute approximate surface area is 136 Å². The van der Waals surface area contributed by atoms with Crippen molar-refractivity contribution in [3.05, 3.63) is 51.1 Å². The number of halogens is 1. The summed E-state index contributed by atoms with van der Waals surface area (Å²) < 4.78 is 1.04. The van der Waals surface area contributed by atoms with Crippen LogP contribution in [0.2, 0.25) is 0 Å². The van der Waals surface area contributed by atoms with Gasteiger partial charge < -0.3 is 4.90 Å². The van der Waals surface area contributed by atoms with E-state index >= 15 is 0 Å². The molecule has 1 spiro atoms. The first-order valence-corrected chi connectivity index (χ1v) is 9.02. The number of hydrogen-bond acceptors (Lipinski definition) is 2. The minimum absolute atomic E-state index is 0.127. The Kier molecular flexibility index (Phi) is 3.19. The van der Waals surface area contributed by atoms with Gasteiger partial charge in [-0.2, -0.15) is 0 Å². The fourth-order valence-electron chi connectivity index (χ4n) is 3.86. The molecule has 2 aliphatic rings. The zero-order chi connectivity index (χ0) is 14.4. The molecule has 2 aromatic rings. The number of hydrogen-bond donors (Lipinski definition) is 0. The van der Waals surface area contributed by atoms with Gasteiger partial charge in [-0.05, 0) is 48.6 Å². The highest BCUT2D eigenvalue weighted by atomic mass is 79.9. The maximum absolute atomic E-state index is 12.9. The first-order valence-electron chi connectivity index (χ1n) is 7.35. The number of carbonyl (C=O) groups excluding carboxylic acids is 1. The van der Waals surface area contributed by atoms with Crippen LogP contribution in [-0.4, -0.2) is 5.91 Å². The van der Waals surface area contributed by atoms with Crippen LogP contribution in [0.5, 0.6) is 0 Å². The van der Waals surface area contributed by atoms with E-state index in [0.717, 1.165) is 23.0 Å². The van der Waals surface area contributed by atoms with E-state index in [-0.39, 0.29) is 11.5 Å². The Morgan fingerprint density at radius 1 is 1.14 bits per heavy atom. The van der Waals surface area contributed by atoms with Crippen molar-refractivity contribution in [3.63, 3.8) is 0 Å². The standard InChI is InChI=1S/C17H16BrNOS/c18-12-5-7-13(8-6-12)19-15(14-4-3-11-21-14)17(16(19)20)9-1-2-10-17/h3-8,11,15H,1-2,9-10H2/t15-/m0/s1. The van der Waals surface area contributed by atoms with Crippen molar-refractivity contribution in [3.8, 4) is 0 Å². The summed E-state index contributed by atoms with van der Waals surface area (Å²) in [6.07, 6.45) is 4.45. The summed E-state index contributed by atoms with van der Waals surface area (Å²) in [4.78, 5) is 16.2. The molecular weight excluding hydrogens is 346 g/mol. The van der Waals surface area contributed by atoms with E-state index in [1.165, 1.54) is 17.7 Å². The molecule has 1 saturated heterocycles. The van der Waals surface area contributed by atoms with Crippen molar-refractivity contribution in [2.45, 2.75) is 31.7 Å².